The molecule has 0 bridgehead atoms. The number of hydrogen-bond acceptors (Lipinski definition) is 5. The van der Waals surface area contributed by atoms with Gasteiger partial charge in [-0.05, 0) is 12.1 Å². The van der Waals surface area contributed by atoms with Gasteiger partial charge in [-0.15, -0.1) is 12.6 Å². The van der Waals surface area contributed by atoms with Crippen LogP contribution in [0, 0.1) is 0 Å². The molecule has 0 saturated heterocycles. The molecule has 0 unspecified atom stereocenters. The third-order valence-corrected chi connectivity index (χ3v) is 2.79. The number of phenolic OH excluding ortho intramolecular Hbond substituents is 1. The zero-order valence-electron chi connectivity index (χ0n) is 7.39. The molecule has 0 spiro atoms. The summed E-state index contributed by atoms with van der Waals surface area (Å²) in [6.45, 7) is 0. The van der Waals surface area contributed by atoms with Gasteiger partial charge in [-0.25, -0.2) is 0 Å². The van der Waals surface area contributed by atoms with Crippen LogP contribution in [0.15, 0.2) is 23.1 Å². The Morgan fingerprint density at radius 1 is 1.31 bits per heavy atom. The molecule has 0 amide bonds. The third-order valence-electron chi connectivity index (χ3n) is 1.44. The SMILES string of the molecule is O=S(=O)(Oc1ccc(S)c(O)c1)C(F)(F)F. The largest absolute Gasteiger partial charge is 0.534 e. The lowest BCUT2D eigenvalue weighted by Gasteiger charge is -2.09. The lowest BCUT2D eigenvalue weighted by Crippen LogP contribution is -2.28. The Hall–Kier alpha value is -1.09. The van der Waals surface area contributed by atoms with Gasteiger partial charge < -0.3 is 9.29 Å². The summed E-state index contributed by atoms with van der Waals surface area (Å²) in [4.78, 5) is 0.0803. The summed E-state index contributed by atoms with van der Waals surface area (Å²) in [6, 6.07) is 2.75. The van der Waals surface area contributed by atoms with E-state index in [-0.39, 0.29) is 4.90 Å². The molecule has 1 N–H and O–H groups in total. The second-order valence-electron chi connectivity index (χ2n) is 2.63. The number of alkyl halides is 3. The van der Waals surface area contributed by atoms with Gasteiger partial charge in [0.2, 0.25) is 0 Å². The predicted octanol–water partition coefficient (Wildman–Crippen LogP) is 1.91. The van der Waals surface area contributed by atoms with Gasteiger partial charge in [0.15, 0.2) is 0 Å². The number of phenols is 1. The van der Waals surface area contributed by atoms with Gasteiger partial charge in [0.1, 0.15) is 11.5 Å². The molecule has 0 fully saturated rings. The summed E-state index contributed by atoms with van der Waals surface area (Å²) in [5.41, 5.74) is -5.51. The fourth-order valence-corrected chi connectivity index (χ4v) is 1.32. The maximum Gasteiger partial charge on any atom is 0.534 e. The second kappa shape index (κ2) is 4.06. The van der Waals surface area contributed by atoms with Crippen LogP contribution in [-0.4, -0.2) is 19.0 Å². The maximum atomic E-state index is 11.9. The van der Waals surface area contributed by atoms with Crippen LogP contribution in [0.4, 0.5) is 13.2 Å². The van der Waals surface area contributed by atoms with Crippen LogP contribution in [0.3, 0.4) is 0 Å². The monoisotopic (exact) mass is 274 g/mol. The summed E-state index contributed by atoms with van der Waals surface area (Å²) in [5.74, 6) is -1.13. The number of aromatic hydroxyl groups is 1. The van der Waals surface area contributed by atoms with Crippen molar-refractivity contribution < 1.29 is 30.9 Å². The molecule has 4 nitrogen and oxygen atoms in total. The van der Waals surface area contributed by atoms with Gasteiger partial charge in [0.05, 0.1) is 0 Å². The van der Waals surface area contributed by atoms with Gasteiger partial charge in [-0.2, -0.15) is 21.6 Å². The van der Waals surface area contributed by atoms with Crippen LogP contribution in [-0.2, 0) is 10.1 Å². The Morgan fingerprint density at radius 2 is 1.88 bits per heavy atom. The van der Waals surface area contributed by atoms with E-state index in [1.165, 1.54) is 0 Å². The van der Waals surface area contributed by atoms with Crippen LogP contribution in [0.5, 0.6) is 11.5 Å². The first-order valence-electron chi connectivity index (χ1n) is 3.66. The van der Waals surface area contributed by atoms with E-state index in [1.54, 1.807) is 0 Å². The lowest BCUT2D eigenvalue weighted by molar-refractivity contribution is -0.0500. The number of thiol groups is 1. The molecule has 90 valence electrons. The molecular weight excluding hydrogens is 269 g/mol. The molecule has 0 heterocycles. The average Bonchev–Trinajstić information content (AvgIpc) is 2.09. The predicted molar refractivity (Wildman–Crippen MR) is 51.0 cm³/mol. The fraction of sp³-hybridized carbons (Fsp3) is 0.143. The van der Waals surface area contributed by atoms with Gasteiger partial charge in [-0.1, -0.05) is 0 Å². The zero-order valence-corrected chi connectivity index (χ0v) is 9.10. The summed E-state index contributed by atoms with van der Waals surface area (Å²) in [6.07, 6.45) is 0. The lowest BCUT2D eigenvalue weighted by atomic mass is 10.3. The van der Waals surface area contributed by atoms with Crippen LogP contribution in [0.1, 0.15) is 0 Å². The van der Waals surface area contributed by atoms with E-state index in [2.05, 4.69) is 16.8 Å². The molecule has 0 aromatic heterocycles. The molecule has 9 heteroatoms. The molecule has 0 radical (unpaired) electrons. The van der Waals surface area contributed by atoms with Gasteiger partial charge in [0.25, 0.3) is 0 Å². The topological polar surface area (TPSA) is 63.6 Å². The molecule has 0 aliphatic rings. The van der Waals surface area contributed by atoms with Crippen LogP contribution in [0.2, 0.25) is 0 Å². The van der Waals surface area contributed by atoms with Crippen LogP contribution in [0.25, 0.3) is 0 Å². The Kier molecular flexibility index (Phi) is 3.29. The maximum absolute atomic E-state index is 11.9. The number of hydrogen-bond donors (Lipinski definition) is 2. The standard InChI is InChI=1S/C7H5F3O4S2/c8-7(9,10)16(12,13)14-4-1-2-6(15)5(11)3-4/h1-3,11,15H. The number of halogens is 3. The van der Waals surface area contributed by atoms with Crippen LogP contribution < -0.4 is 4.18 Å². The van der Waals surface area contributed by atoms with Gasteiger partial charge in [0, 0.05) is 11.0 Å². The summed E-state index contributed by atoms with van der Waals surface area (Å²) < 4.78 is 60.6. The Morgan fingerprint density at radius 3 is 2.31 bits per heavy atom. The van der Waals surface area contributed by atoms with E-state index < -0.39 is 27.1 Å². The molecular formula is C7H5F3O4S2. The van der Waals surface area contributed by atoms with Crippen molar-refractivity contribution in [3.63, 3.8) is 0 Å². The van der Waals surface area contributed by atoms with E-state index in [4.69, 9.17) is 5.11 Å². The molecule has 1 aromatic rings. The average molecular weight is 274 g/mol. The fourth-order valence-electron chi connectivity index (χ4n) is 0.729. The highest BCUT2D eigenvalue weighted by Crippen LogP contribution is 2.30. The summed E-state index contributed by atoms with van der Waals surface area (Å²) >= 11 is 3.74. The summed E-state index contributed by atoms with van der Waals surface area (Å²) in [7, 11) is -5.72. The molecule has 16 heavy (non-hydrogen) atoms. The van der Waals surface area contributed by atoms with E-state index >= 15 is 0 Å². The van der Waals surface area contributed by atoms with Gasteiger partial charge in [-0.3, -0.25) is 0 Å². The molecule has 0 saturated carbocycles. The first-order valence-corrected chi connectivity index (χ1v) is 5.52. The number of rotatable bonds is 2. The Labute approximate surface area is 94.2 Å². The Balaban J connectivity index is 3.03. The normalized spacial score (nSPS) is 12.5. The second-order valence-corrected chi connectivity index (χ2v) is 4.65. The van der Waals surface area contributed by atoms with E-state index in [1.807, 2.05) is 0 Å². The van der Waals surface area contributed by atoms with Crippen molar-refractivity contribution in [2.75, 3.05) is 0 Å². The van der Waals surface area contributed by atoms with Crippen molar-refractivity contribution in [3.8, 4) is 11.5 Å². The minimum Gasteiger partial charge on any atom is -0.507 e. The van der Waals surface area contributed by atoms with Crippen LogP contribution >= 0.6 is 12.6 Å². The minimum atomic E-state index is -5.72. The van der Waals surface area contributed by atoms with E-state index in [0.29, 0.717) is 6.07 Å². The molecule has 0 atom stereocenters. The molecule has 1 aromatic carbocycles. The smallest absolute Gasteiger partial charge is 0.507 e. The quantitative estimate of drug-likeness (QED) is 0.491. The highest BCUT2D eigenvalue weighted by Gasteiger charge is 2.48. The highest BCUT2D eigenvalue weighted by atomic mass is 32.2. The zero-order chi connectivity index (χ0) is 12.6. The van der Waals surface area contributed by atoms with Crippen molar-refractivity contribution in [3.05, 3.63) is 18.2 Å². The van der Waals surface area contributed by atoms with Crippen molar-refractivity contribution in [2.24, 2.45) is 0 Å². The van der Waals surface area contributed by atoms with E-state index in [9.17, 15) is 21.6 Å². The Bertz CT molecular complexity index is 495. The van der Waals surface area contributed by atoms with Crippen molar-refractivity contribution in [1.29, 1.82) is 0 Å². The highest BCUT2D eigenvalue weighted by molar-refractivity contribution is 7.88. The van der Waals surface area contributed by atoms with Crippen molar-refractivity contribution >= 4 is 22.7 Å². The minimum absolute atomic E-state index is 0.0803. The first kappa shape index (κ1) is 13.0. The molecule has 0 aliphatic carbocycles. The first-order chi connectivity index (χ1) is 7.13. The number of benzene rings is 1. The summed E-state index contributed by atoms with van der Waals surface area (Å²) in [5, 5.41) is 9.07. The molecule has 1 rings (SSSR count). The van der Waals surface area contributed by atoms with E-state index in [0.717, 1.165) is 12.1 Å². The van der Waals surface area contributed by atoms with Crippen molar-refractivity contribution in [2.45, 2.75) is 10.4 Å². The third kappa shape index (κ3) is 2.73. The molecule has 0 aliphatic heterocycles. The van der Waals surface area contributed by atoms with Gasteiger partial charge >= 0.3 is 15.6 Å². The van der Waals surface area contributed by atoms with Crippen molar-refractivity contribution in [1.82, 2.24) is 0 Å².